The van der Waals surface area contributed by atoms with E-state index in [0.29, 0.717) is 5.54 Å². The summed E-state index contributed by atoms with van der Waals surface area (Å²) < 4.78 is 5.53. The molecule has 1 heterocycles. The molecule has 0 unspecified atom stereocenters. The summed E-state index contributed by atoms with van der Waals surface area (Å²) in [4.78, 5) is 2.63. The summed E-state index contributed by atoms with van der Waals surface area (Å²) in [6.07, 6.45) is 12.7. The van der Waals surface area contributed by atoms with Gasteiger partial charge in [-0.2, -0.15) is 0 Å². The molecule has 112 valence electrons. The molecule has 0 atom stereocenters. The Hall–Kier alpha value is -0.800. The molecular weight excluding hydrogens is 248 g/mol. The Morgan fingerprint density at radius 1 is 1.30 bits per heavy atom. The van der Waals surface area contributed by atoms with Gasteiger partial charge in [0.1, 0.15) is 5.76 Å². The van der Waals surface area contributed by atoms with E-state index in [4.69, 9.17) is 4.42 Å². The molecule has 1 aromatic rings. The summed E-state index contributed by atoms with van der Waals surface area (Å²) in [5.41, 5.74) is 0.397. The molecule has 2 fully saturated rings. The molecule has 1 N–H and O–H groups in total. The van der Waals surface area contributed by atoms with Gasteiger partial charge >= 0.3 is 0 Å². The molecule has 2 aliphatic rings. The first-order chi connectivity index (χ1) is 9.81. The molecule has 3 nitrogen and oxygen atoms in total. The maximum Gasteiger partial charge on any atom is 0.117 e. The van der Waals surface area contributed by atoms with Gasteiger partial charge in [-0.15, -0.1) is 0 Å². The zero-order valence-electron chi connectivity index (χ0n) is 12.7. The van der Waals surface area contributed by atoms with E-state index in [-0.39, 0.29) is 0 Å². The van der Waals surface area contributed by atoms with Crippen LogP contribution in [-0.2, 0) is 6.54 Å². The third-order valence-corrected chi connectivity index (χ3v) is 5.22. The van der Waals surface area contributed by atoms with E-state index in [1.165, 1.54) is 57.9 Å². The van der Waals surface area contributed by atoms with E-state index in [0.717, 1.165) is 18.3 Å². The van der Waals surface area contributed by atoms with Gasteiger partial charge in [-0.25, -0.2) is 0 Å². The van der Waals surface area contributed by atoms with Crippen LogP contribution in [0.1, 0.15) is 57.1 Å². The maximum absolute atomic E-state index is 5.53. The van der Waals surface area contributed by atoms with Crippen LogP contribution in [0.3, 0.4) is 0 Å². The van der Waals surface area contributed by atoms with Gasteiger partial charge in [-0.3, -0.25) is 4.90 Å². The second kappa shape index (κ2) is 6.31. The third-order valence-electron chi connectivity index (χ3n) is 5.22. The molecule has 2 saturated carbocycles. The number of furan rings is 1. The predicted molar refractivity (Wildman–Crippen MR) is 81.6 cm³/mol. The highest BCUT2D eigenvalue weighted by molar-refractivity contribution is 5.00. The summed E-state index contributed by atoms with van der Waals surface area (Å²) in [5.74, 6) is 1.11. The molecule has 1 aromatic heterocycles. The smallest absolute Gasteiger partial charge is 0.117 e. The van der Waals surface area contributed by atoms with Crippen molar-refractivity contribution in [3.63, 3.8) is 0 Å². The summed E-state index contributed by atoms with van der Waals surface area (Å²) in [7, 11) is 2.15. The number of nitrogens with one attached hydrogen (secondary N) is 1. The molecule has 3 rings (SSSR count). The number of nitrogens with zero attached hydrogens (tertiary/aromatic N) is 1. The molecule has 20 heavy (non-hydrogen) atoms. The monoisotopic (exact) mass is 276 g/mol. The van der Waals surface area contributed by atoms with Crippen molar-refractivity contribution in [1.82, 2.24) is 10.2 Å². The normalized spacial score (nSPS) is 22.3. The highest BCUT2D eigenvalue weighted by Gasteiger charge is 2.34. The van der Waals surface area contributed by atoms with E-state index in [1.54, 1.807) is 6.26 Å². The standard InChI is InChI=1S/C17H28N2O/c1-18-17(9-3-2-4-10-17)11-12-19(15-7-8-15)14-16-6-5-13-20-16/h5-6,13,15,18H,2-4,7-12,14H2,1H3. The topological polar surface area (TPSA) is 28.4 Å². The Morgan fingerprint density at radius 2 is 2.10 bits per heavy atom. The number of rotatable bonds is 7. The molecule has 0 aromatic carbocycles. The van der Waals surface area contributed by atoms with Gasteiger partial charge in [0.05, 0.1) is 12.8 Å². The molecule has 0 spiro atoms. The zero-order valence-corrected chi connectivity index (χ0v) is 12.7. The lowest BCUT2D eigenvalue weighted by atomic mass is 9.79. The van der Waals surface area contributed by atoms with E-state index in [2.05, 4.69) is 23.3 Å². The van der Waals surface area contributed by atoms with Gasteiger partial charge in [0.2, 0.25) is 0 Å². The van der Waals surface area contributed by atoms with Gasteiger partial charge in [0, 0.05) is 18.1 Å². The van der Waals surface area contributed by atoms with Crippen LogP contribution in [0.5, 0.6) is 0 Å². The Balaban J connectivity index is 1.56. The Morgan fingerprint density at radius 3 is 2.70 bits per heavy atom. The lowest BCUT2D eigenvalue weighted by molar-refractivity contribution is 0.166. The molecule has 3 heteroatoms. The van der Waals surface area contributed by atoms with Crippen LogP contribution >= 0.6 is 0 Å². The molecule has 2 aliphatic carbocycles. The van der Waals surface area contributed by atoms with Crippen molar-refractivity contribution in [3.05, 3.63) is 24.2 Å². The fourth-order valence-corrected chi connectivity index (χ4v) is 3.64. The average Bonchev–Trinajstić information content (AvgIpc) is 3.22. The highest BCUT2D eigenvalue weighted by Crippen LogP contribution is 2.33. The fourth-order valence-electron chi connectivity index (χ4n) is 3.64. The first kappa shape index (κ1) is 14.2. The number of hydrogen-bond acceptors (Lipinski definition) is 3. The largest absolute Gasteiger partial charge is 0.468 e. The van der Waals surface area contributed by atoms with Crippen molar-refractivity contribution in [1.29, 1.82) is 0 Å². The Labute approximate surface area is 122 Å². The average molecular weight is 276 g/mol. The van der Waals surface area contributed by atoms with E-state index in [9.17, 15) is 0 Å². The number of hydrogen-bond donors (Lipinski definition) is 1. The highest BCUT2D eigenvalue weighted by atomic mass is 16.3. The zero-order chi connectivity index (χ0) is 13.8. The quantitative estimate of drug-likeness (QED) is 0.825. The second-order valence-corrected chi connectivity index (χ2v) is 6.62. The van der Waals surface area contributed by atoms with Crippen LogP contribution < -0.4 is 5.32 Å². The van der Waals surface area contributed by atoms with Crippen LogP contribution in [0.2, 0.25) is 0 Å². The van der Waals surface area contributed by atoms with Gasteiger partial charge in [-0.05, 0) is 51.3 Å². The Bertz CT molecular complexity index is 391. The van der Waals surface area contributed by atoms with Gasteiger partial charge in [0.25, 0.3) is 0 Å². The molecule has 0 amide bonds. The molecule has 0 radical (unpaired) electrons. The summed E-state index contributed by atoms with van der Waals surface area (Å²) >= 11 is 0. The van der Waals surface area contributed by atoms with E-state index in [1.807, 2.05) is 6.07 Å². The van der Waals surface area contributed by atoms with Crippen molar-refractivity contribution in [2.45, 2.75) is 69.5 Å². The van der Waals surface area contributed by atoms with Crippen LogP contribution in [0, 0.1) is 0 Å². The van der Waals surface area contributed by atoms with Crippen LogP contribution in [-0.4, -0.2) is 30.1 Å². The van der Waals surface area contributed by atoms with Crippen LogP contribution in [0.25, 0.3) is 0 Å². The minimum Gasteiger partial charge on any atom is -0.468 e. The molecule has 0 aliphatic heterocycles. The van der Waals surface area contributed by atoms with Crippen molar-refractivity contribution in [2.75, 3.05) is 13.6 Å². The SMILES string of the molecule is CNC1(CCN(Cc2ccco2)C2CC2)CCCCC1. The van der Waals surface area contributed by atoms with E-state index < -0.39 is 0 Å². The molecule has 0 saturated heterocycles. The molecular formula is C17H28N2O. The first-order valence-corrected chi connectivity index (χ1v) is 8.27. The van der Waals surface area contributed by atoms with Crippen molar-refractivity contribution < 1.29 is 4.42 Å². The van der Waals surface area contributed by atoms with Gasteiger partial charge in [-0.1, -0.05) is 19.3 Å². The molecule has 0 bridgehead atoms. The van der Waals surface area contributed by atoms with E-state index >= 15 is 0 Å². The van der Waals surface area contributed by atoms with Crippen molar-refractivity contribution in [3.8, 4) is 0 Å². The second-order valence-electron chi connectivity index (χ2n) is 6.62. The summed E-state index contributed by atoms with van der Waals surface area (Å²) in [6, 6.07) is 4.90. The minimum atomic E-state index is 0.397. The lowest BCUT2D eigenvalue weighted by Crippen LogP contribution is -2.47. The summed E-state index contributed by atoms with van der Waals surface area (Å²) in [5, 5.41) is 3.64. The predicted octanol–water partition coefficient (Wildman–Crippen LogP) is 3.56. The minimum absolute atomic E-state index is 0.397. The van der Waals surface area contributed by atoms with Crippen molar-refractivity contribution in [2.24, 2.45) is 0 Å². The Kier molecular flexibility index (Phi) is 4.47. The van der Waals surface area contributed by atoms with Crippen LogP contribution in [0.15, 0.2) is 22.8 Å². The summed E-state index contributed by atoms with van der Waals surface area (Å²) in [6.45, 7) is 2.18. The van der Waals surface area contributed by atoms with Crippen molar-refractivity contribution >= 4 is 0 Å². The first-order valence-electron chi connectivity index (χ1n) is 8.27. The van der Waals surface area contributed by atoms with Crippen LogP contribution in [0.4, 0.5) is 0 Å². The fraction of sp³-hybridized carbons (Fsp3) is 0.765. The van der Waals surface area contributed by atoms with Gasteiger partial charge < -0.3 is 9.73 Å². The maximum atomic E-state index is 5.53. The van der Waals surface area contributed by atoms with Gasteiger partial charge in [0.15, 0.2) is 0 Å². The third kappa shape index (κ3) is 3.44. The lowest BCUT2D eigenvalue weighted by Gasteiger charge is -2.39.